The smallest absolute Gasteiger partial charge is 0.338 e. The number of unbranched alkanes of at least 4 members (excludes halogenated alkanes) is 2. The molecule has 218 valence electrons. The molecule has 1 heterocycles. The number of rotatable bonds is 16. The number of hydroxylamine groups is 2. The van der Waals surface area contributed by atoms with E-state index in [2.05, 4.69) is 10.6 Å². The van der Waals surface area contributed by atoms with Crippen LogP contribution >= 0.6 is 0 Å². The Kier molecular flexibility index (Phi) is 11.6. The lowest BCUT2D eigenvalue weighted by Gasteiger charge is -2.23. The third kappa shape index (κ3) is 9.00. The van der Waals surface area contributed by atoms with Gasteiger partial charge in [0.1, 0.15) is 18.2 Å². The second-order valence-corrected chi connectivity index (χ2v) is 9.50. The molecule has 1 atom stereocenters. The van der Waals surface area contributed by atoms with E-state index in [9.17, 15) is 28.7 Å². The summed E-state index contributed by atoms with van der Waals surface area (Å²) >= 11 is 0. The molecule has 0 bridgehead atoms. The average Bonchev–Trinajstić information content (AvgIpc) is 3.46. The highest BCUT2D eigenvalue weighted by Crippen LogP contribution is 2.27. The Labute approximate surface area is 237 Å². The molecule has 0 radical (unpaired) electrons. The highest BCUT2D eigenvalue weighted by Gasteiger charge is 2.22. The number of aryl methyl sites for hydroxylation is 1. The second kappa shape index (κ2) is 15.3. The van der Waals surface area contributed by atoms with Crippen molar-refractivity contribution in [2.24, 2.45) is 5.92 Å². The number of aromatic carboxylic acids is 1. The highest BCUT2D eigenvalue weighted by molar-refractivity contribution is 5.93. The minimum atomic E-state index is -1.42. The maximum Gasteiger partial charge on any atom is 0.338 e. The fraction of sp³-hybridized carbons (Fsp3) is 0.333. The molecule has 1 aromatic heterocycles. The Balaban J connectivity index is 1.57. The van der Waals surface area contributed by atoms with Crippen LogP contribution < -0.4 is 10.6 Å². The molecule has 0 spiro atoms. The van der Waals surface area contributed by atoms with Crippen LogP contribution in [0.1, 0.15) is 64.6 Å². The molecule has 2 aromatic carbocycles. The van der Waals surface area contributed by atoms with Crippen molar-refractivity contribution in [3.8, 4) is 11.3 Å². The van der Waals surface area contributed by atoms with Gasteiger partial charge in [0.05, 0.1) is 24.7 Å². The van der Waals surface area contributed by atoms with E-state index in [4.69, 9.17) is 9.25 Å². The molecule has 0 saturated heterocycles. The molecule has 0 aliphatic carbocycles. The number of carbonyl (C=O) groups excluding carboxylic acids is 3. The van der Waals surface area contributed by atoms with E-state index in [1.54, 1.807) is 0 Å². The predicted octanol–water partition coefficient (Wildman–Crippen LogP) is 4.68. The van der Waals surface area contributed by atoms with Crippen molar-refractivity contribution in [1.82, 2.24) is 15.7 Å². The standard InChI is InChI=1S/C30H34FN3O7/c1-3-4-6-11-22(16-34(19-35)40-17-21-9-7-5-8-10-21)28(36)32-18-33-29(37)26-13-12-25(41-26)23-14-20(2)27(31)24(15-23)30(38)39/h5,7-10,12-15,19,22H,3-4,6,11,16-18H2,1-2H3,(H,32,36)(H,33,37)(H,38,39). The Hall–Kier alpha value is -4.51. The zero-order valence-electron chi connectivity index (χ0n) is 23.0. The molecule has 0 aliphatic rings. The lowest BCUT2D eigenvalue weighted by Crippen LogP contribution is -2.43. The summed E-state index contributed by atoms with van der Waals surface area (Å²) in [4.78, 5) is 54.1. The summed E-state index contributed by atoms with van der Waals surface area (Å²) in [5.41, 5.74) is 0.805. The number of carboxylic acid groups (broad SMARTS) is 1. The van der Waals surface area contributed by atoms with Gasteiger partial charge in [-0.05, 0) is 48.7 Å². The van der Waals surface area contributed by atoms with Gasteiger partial charge in [-0.3, -0.25) is 19.2 Å². The van der Waals surface area contributed by atoms with Gasteiger partial charge in [0.25, 0.3) is 5.91 Å². The summed E-state index contributed by atoms with van der Waals surface area (Å²) in [6.07, 6.45) is 3.75. The van der Waals surface area contributed by atoms with Gasteiger partial charge in [-0.25, -0.2) is 14.2 Å². The number of amides is 3. The molecule has 1 unspecified atom stereocenters. The van der Waals surface area contributed by atoms with Crippen molar-refractivity contribution in [3.05, 3.63) is 82.9 Å². The lowest BCUT2D eigenvalue weighted by atomic mass is 10.0. The number of halogens is 1. The third-order valence-electron chi connectivity index (χ3n) is 6.40. The van der Waals surface area contributed by atoms with Crippen LogP contribution in [0.3, 0.4) is 0 Å². The van der Waals surface area contributed by atoms with E-state index in [1.807, 2.05) is 37.3 Å². The zero-order chi connectivity index (χ0) is 29.8. The summed E-state index contributed by atoms with van der Waals surface area (Å²) in [7, 11) is 0. The summed E-state index contributed by atoms with van der Waals surface area (Å²) in [5.74, 6) is -3.66. The first-order valence-electron chi connectivity index (χ1n) is 13.3. The van der Waals surface area contributed by atoms with Crippen LogP contribution in [0.25, 0.3) is 11.3 Å². The second-order valence-electron chi connectivity index (χ2n) is 9.50. The summed E-state index contributed by atoms with van der Waals surface area (Å²) in [6.45, 7) is 3.52. The molecule has 0 fully saturated rings. The van der Waals surface area contributed by atoms with E-state index in [-0.39, 0.29) is 42.8 Å². The van der Waals surface area contributed by atoms with Crippen LogP contribution in [0, 0.1) is 18.7 Å². The highest BCUT2D eigenvalue weighted by atomic mass is 19.1. The van der Waals surface area contributed by atoms with Gasteiger partial charge in [-0.15, -0.1) is 0 Å². The average molecular weight is 568 g/mol. The van der Waals surface area contributed by atoms with E-state index in [0.29, 0.717) is 18.4 Å². The number of carboxylic acids is 1. The summed E-state index contributed by atoms with van der Waals surface area (Å²) in [5, 5.41) is 15.6. The van der Waals surface area contributed by atoms with Gasteiger partial charge in [0.15, 0.2) is 5.76 Å². The van der Waals surface area contributed by atoms with Gasteiger partial charge in [0, 0.05) is 5.56 Å². The minimum absolute atomic E-state index is 0.0524. The van der Waals surface area contributed by atoms with Gasteiger partial charge >= 0.3 is 5.97 Å². The number of hydrogen-bond donors (Lipinski definition) is 3. The summed E-state index contributed by atoms with van der Waals surface area (Å²) in [6, 6.07) is 14.8. The number of nitrogens with one attached hydrogen (secondary N) is 2. The number of nitrogens with zero attached hydrogens (tertiary/aromatic N) is 1. The van der Waals surface area contributed by atoms with Gasteiger partial charge in [0.2, 0.25) is 12.3 Å². The van der Waals surface area contributed by atoms with Crippen LogP contribution in [0.4, 0.5) is 4.39 Å². The molecule has 3 aromatic rings. The fourth-order valence-electron chi connectivity index (χ4n) is 4.15. The van der Waals surface area contributed by atoms with Crippen LogP contribution in [-0.2, 0) is 21.0 Å². The van der Waals surface area contributed by atoms with Crippen molar-refractivity contribution >= 4 is 24.2 Å². The largest absolute Gasteiger partial charge is 0.478 e. The fourth-order valence-corrected chi connectivity index (χ4v) is 4.15. The van der Waals surface area contributed by atoms with Crippen molar-refractivity contribution < 1.29 is 37.9 Å². The first kappa shape index (κ1) is 31.0. The number of furan rings is 1. The van der Waals surface area contributed by atoms with Crippen molar-refractivity contribution in [2.45, 2.75) is 46.1 Å². The van der Waals surface area contributed by atoms with Gasteiger partial charge < -0.3 is 20.2 Å². The lowest BCUT2D eigenvalue weighted by molar-refractivity contribution is -0.182. The Bertz CT molecular complexity index is 1340. The van der Waals surface area contributed by atoms with Crippen LogP contribution in [-0.4, -0.2) is 47.6 Å². The maximum atomic E-state index is 14.1. The number of carbonyl (C=O) groups is 4. The van der Waals surface area contributed by atoms with Crippen molar-refractivity contribution in [2.75, 3.05) is 13.2 Å². The first-order valence-corrected chi connectivity index (χ1v) is 13.3. The quantitative estimate of drug-likeness (QED) is 0.0989. The third-order valence-corrected chi connectivity index (χ3v) is 6.40. The monoisotopic (exact) mass is 567 g/mol. The van der Waals surface area contributed by atoms with Crippen LogP contribution in [0.5, 0.6) is 0 Å². The topological polar surface area (TPSA) is 138 Å². The maximum absolute atomic E-state index is 14.1. The Morgan fingerprint density at radius 3 is 2.54 bits per heavy atom. The molecule has 41 heavy (non-hydrogen) atoms. The van der Waals surface area contributed by atoms with Crippen LogP contribution in [0.2, 0.25) is 0 Å². The normalized spacial score (nSPS) is 11.5. The van der Waals surface area contributed by atoms with Crippen molar-refractivity contribution in [1.29, 1.82) is 0 Å². The van der Waals surface area contributed by atoms with E-state index in [0.717, 1.165) is 36.0 Å². The number of benzene rings is 2. The molecular weight excluding hydrogens is 533 g/mol. The molecule has 0 aliphatic heterocycles. The molecular formula is C30H34FN3O7. The van der Waals surface area contributed by atoms with Gasteiger partial charge in [-0.1, -0.05) is 56.5 Å². The molecule has 10 nitrogen and oxygen atoms in total. The molecule has 3 rings (SSSR count). The van der Waals surface area contributed by atoms with E-state index >= 15 is 0 Å². The molecule has 11 heteroatoms. The Morgan fingerprint density at radius 1 is 1.10 bits per heavy atom. The van der Waals surface area contributed by atoms with Crippen LogP contribution in [0.15, 0.2) is 59.0 Å². The minimum Gasteiger partial charge on any atom is -0.478 e. The Morgan fingerprint density at radius 2 is 1.85 bits per heavy atom. The van der Waals surface area contributed by atoms with E-state index in [1.165, 1.54) is 25.1 Å². The van der Waals surface area contributed by atoms with E-state index < -0.39 is 29.2 Å². The van der Waals surface area contributed by atoms with Gasteiger partial charge in [-0.2, -0.15) is 0 Å². The number of hydrogen-bond acceptors (Lipinski definition) is 6. The molecule has 3 amide bonds. The predicted molar refractivity (Wildman–Crippen MR) is 148 cm³/mol. The molecule has 0 saturated carbocycles. The molecule has 3 N–H and O–H groups in total. The SMILES string of the molecule is CCCCCC(CN(C=O)OCc1ccccc1)C(=O)NCNC(=O)c1ccc(-c2cc(C)c(F)c(C(=O)O)c2)o1. The summed E-state index contributed by atoms with van der Waals surface area (Å²) < 4.78 is 19.7. The zero-order valence-corrected chi connectivity index (χ0v) is 23.0. The first-order chi connectivity index (χ1) is 19.7. The van der Waals surface area contributed by atoms with Crippen molar-refractivity contribution in [3.63, 3.8) is 0 Å².